The van der Waals surface area contributed by atoms with E-state index in [-0.39, 0.29) is 36.7 Å². The minimum Gasteiger partial charge on any atom is -0.488 e. The number of aliphatic carboxylic acids is 1. The average molecular weight is 516 g/mol. The average Bonchev–Trinajstić information content (AvgIpc) is 3.19. The highest BCUT2D eigenvalue weighted by Gasteiger charge is 2.40. The lowest BCUT2D eigenvalue weighted by Gasteiger charge is -2.42. The van der Waals surface area contributed by atoms with E-state index in [9.17, 15) is 14.3 Å². The molecule has 0 radical (unpaired) electrons. The van der Waals surface area contributed by atoms with Gasteiger partial charge >= 0.3 is 5.97 Å². The maximum atomic E-state index is 15.7. The number of carbonyl (C=O) groups is 1. The number of para-hydroxylation sites is 1. The Morgan fingerprint density at radius 2 is 1.92 bits per heavy atom. The number of aromatic amines is 1. The van der Waals surface area contributed by atoms with E-state index in [1.54, 1.807) is 6.92 Å². The number of carboxylic acid groups (broad SMARTS) is 1. The normalized spacial score (nSPS) is 21.5. The van der Waals surface area contributed by atoms with Crippen molar-refractivity contribution in [1.29, 1.82) is 0 Å². The predicted octanol–water partition coefficient (Wildman–Crippen LogP) is 4.93. The van der Waals surface area contributed by atoms with E-state index < -0.39 is 29.6 Å². The predicted molar refractivity (Wildman–Crippen MR) is 135 cm³/mol. The molecule has 2 aliphatic rings. The van der Waals surface area contributed by atoms with Crippen LogP contribution in [0.3, 0.4) is 0 Å². The lowest BCUT2D eigenvalue weighted by Crippen LogP contribution is -2.53. The summed E-state index contributed by atoms with van der Waals surface area (Å²) in [6, 6.07) is 9.22. The fraction of sp³-hybridized carbons (Fsp3) is 0.464. The van der Waals surface area contributed by atoms with Crippen molar-refractivity contribution in [1.82, 2.24) is 14.8 Å². The number of likely N-dealkylation sites (tertiary alicyclic amines) is 1. The van der Waals surface area contributed by atoms with E-state index in [2.05, 4.69) is 4.98 Å². The zero-order valence-electron chi connectivity index (χ0n) is 21.0. The summed E-state index contributed by atoms with van der Waals surface area (Å²) in [5, 5.41) is 10.6. The first kappa shape index (κ1) is 25.6. The van der Waals surface area contributed by atoms with Crippen molar-refractivity contribution >= 4 is 16.9 Å². The number of fused-ring (bicyclic) bond motifs is 3. The molecule has 2 aliphatic heterocycles. The molecular weight excluding hydrogens is 483 g/mol. The quantitative estimate of drug-likeness (QED) is 0.423. The van der Waals surface area contributed by atoms with Gasteiger partial charge in [-0.3, -0.25) is 19.0 Å². The minimum atomic E-state index is -0.959. The van der Waals surface area contributed by atoms with Crippen molar-refractivity contribution in [3.63, 3.8) is 0 Å². The number of nitrogens with one attached hydrogen (secondary N) is 1. The third-order valence-electron chi connectivity index (χ3n) is 7.58. The Labute approximate surface area is 214 Å². The molecule has 2 N–H and O–H groups in total. The summed E-state index contributed by atoms with van der Waals surface area (Å²) in [6.07, 6.45) is 0.886. The zero-order chi connectivity index (χ0) is 26.3. The van der Waals surface area contributed by atoms with Crippen LogP contribution in [0.15, 0.2) is 36.4 Å². The van der Waals surface area contributed by atoms with Gasteiger partial charge in [0.2, 0.25) is 0 Å². The Morgan fingerprint density at radius 1 is 1.22 bits per heavy atom. The van der Waals surface area contributed by atoms with Gasteiger partial charge in [-0.05, 0) is 31.4 Å². The zero-order valence-corrected chi connectivity index (χ0v) is 21.0. The summed E-state index contributed by atoms with van der Waals surface area (Å²) in [5.41, 5.74) is 2.43. The van der Waals surface area contributed by atoms with Crippen LogP contribution in [0.25, 0.3) is 10.9 Å². The number of rotatable bonds is 9. The van der Waals surface area contributed by atoms with E-state index in [0.29, 0.717) is 38.2 Å². The van der Waals surface area contributed by atoms with Crippen LogP contribution >= 0.6 is 0 Å². The van der Waals surface area contributed by atoms with Crippen LogP contribution in [0.4, 0.5) is 13.2 Å². The Balaban J connectivity index is 1.49. The highest BCUT2D eigenvalue weighted by molar-refractivity contribution is 5.85. The fourth-order valence-corrected chi connectivity index (χ4v) is 5.64. The Kier molecular flexibility index (Phi) is 7.18. The Morgan fingerprint density at radius 3 is 2.59 bits per heavy atom. The van der Waals surface area contributed by atoms with Crippen LogP contribution in [0.5, 0.6) is 5.75 Å². The van der Waals surface area contributed by atoms with E-state index in [4.69, 9.17) is 4.74 Å². The van der Waals surface area contributed by atoms with Crippen molar-refractivity contribution in [3.05, 3.63) is 64.9 Å². The number of halogens is 3. The molecule has 5 rings (SSSR count). The van der Waals surface area contributed by atoms with Crippen molar-refractivity contribution in [2.45, 2.75) is 44.9 Å². The number of hydrogen-bond donors (Lipinski definition) is 2. The molecule has 0 saturated carbocycles. The number of carboxylic acids is 1. The third kappa shape index (κ3) is 4.94. The smallest absolute Gasteiger partial charge is 0.307 e. The molecule has 1 aromatic heterocycles. The number of hydrogen-bond acceptors (Lipinski definition) is 4. The summed E-state index contributed by atoms with van der Waals surface area (Å²) >= 11 is 0. The molecule has 6 nitrogen and oxygen atoms in total. The molecule has 0 aliphatic carbocycles. The first-order valence-electron chi connectivity index (χ1n) is 12.8. The number of nitrogens with zero attached hydrogens (tertiary/aromatic N) is 2. The fourth-order valence-electron chi connectivity index (χ4n) is 5.64. The molecule has 1 fully saturated rings. The van der Waals surface area contributed by atoms with Crippen LogP contribution in [0.2, 0.25) is 0 Å². The number of alkyl halides is 1. The summed E-state index contributed by atoms with van der Waals surface area (Å²) in [5.74, 6) is -3.04. The summed E-state index contributed by atoms with van der Waals surface area (Å²) in [7, 11) is 0. The van der Waals surface area contributed by atoms with Gasteiger partial charge in [-0.25, -0.2) is 8.78 Å². The van der Waals surface area contributed by atoms with Crippen molar-refractivity contribution in [2.75, 3.05) is 32.9 Å². The summed E-state index contributed by atoms with van der Waals surface area (Å²) in [6.45, 7) is 5.14. The minimum absolute atomic E-state index is 0.111. The highest BCUT2D eigenvalue weighted by Crippen LogP contribution is 2.43. The second kappa shape index (κ2) is 10.4. The molecule has 198 valence electrons. The molecule has 0 bridgehead atoms. The monoisotopic (exact) mass is 515 g/mol. The van der Waals surface area contributed by atoms with Gasteiger partial charge in [-0.1, -0.05) is 25.1 Å². The number of benzene rings is 2. The van der Waals surface area contributed by atoms with Crippen molar-refractivity contribution < 1.29 is 27.8 Å². The van der Waals surface area contributed by atoms with Crippen LogP contribution in [-0.4, -0.2) is 70.9 Å². The van der Waals surface area contributed by atoms with Gasteiger partial charge in [0.15, 0.2) is 0 Å². The maximum absolute atomic E-state index is 15.7. The maximum Gasteiger partial charge on any atom is 0.307 e. The SMILES string of the molecule is C[C@H](CN1[C@H](c2c(F)cc(OC3CN(CCCF)C3)cc2F)c2[nH]c3ccccc3c2C[C@H]1C)C(=O)O. The van der Waals surface area contributed by atoms with E-state index >= 15 is 8.78 Å². The standard InChI is InChI=1S/C28H32F3N3O3/c1-16(28(35)36)13-34-17(2)10-21-20-6-3-4-7-24(20)32-26(21)27(34)25-22(30)11-18(12-23(25)31)37-19-14-33(15-19)9-5-8-29/h3-4,6-7,11-12,16-17,19,27,32H,5,8-10,13-15H2,1-2H3,(H,35,36)/t16-,17-,27-/m1/s1. The van der Waals surface area contributed by atoms with Crippen LogP contribution in [0.1, 0.15) is 43.1 Å². The van der Waals surface area contributed by atoms with Crippen LogP contribution in [-0.2, 0) is 11.2 Å². The highest BCUT2D eigenvalue weighted by atomic mass is 19.1. The number of aromatic nitrogens is 1. The molecule has 0 unspecified atom stereocenters. The van der Waals surface area contributed by atoms with Crippen molar-refractivity contribution in [3.8, 4) is 5.75 Å². The van der Waals surface area contributed by atoms with Crippen molar-refractivity contribution in [2.24, 2.45) is 5.92 Å². The third-order valence-corrected chi connectivity index (χ3v) is 7.58. The topological polar surface area (TPSA) is 68.8 Å². The van der Waals surface area contributed by atoms with Gasteiger partial charge in [-0.2, -0.15) is 0 Å². The van der Waals surface area contributed by atoms with Gasteiger partial charge in [0.25, 0.3) is 0 Å². The molecule has 9 heteroatoms. The number of H-pyrrole nitrogens is 1. The van der Waals surface area contributed by atoms with Gasteiger partial charge in [0.05, 0.1) is 18.6 Å². The first-order chi connectivity index (χ1) is 17.8. The molecule has 3 heterocycles. The summed E-state index contributed by atoms with van der Waals surface area (Å²) in [4.78, 5) is 19.0. The largest absolute Gasteiger partial charge is 0.488 e. The first-order valence-corrected chi connectivity index (χ1v) is 12.8. The molecule has 3 atom stereocenters. The van der Waals surface area contributed by atoms with Crippen LogP contribution in [0, 0.1) is 17.6 Å². The molecule has 3 aromatic rings. The second-order valence-electron chi connectivity index (χ2n) is 10.3. The van der Waals surface area contributed by atoms with Gasteiger partial charge < -0.3 is 14.8 Å². The molecule has 2 aromatic carbocycles. The Hall–Kier alpha value is -3.04. The summed E-state index contributed by atoms with van der Waals surface area (Å²) < 4.78 is 49.6. The molecule has 0 amide bonds. The lowest BCUT2D eigenvalue weighted by molar-refractivity contribution is -0.142. The molecule has 37 heavy (non-hydrogen) atoms. The molecule has 1 saturated heterocycles. The van der Waals surface area contributed by atoms with Gasteiger partial charge in [0.1, 0.15) is 23.5 Å². The van der Waals surface area contributed by atoms with E-state index in [1.165, 1.54) is 12.1 Å². The van der Waals surface area contributed by atoms with E-state index in [0.717, 1.165) is 16.5 Å². The van der Waals surface area contributed by atoms with E-state index in [1.807, 2.05) is 41.0 Å². The number of ether oxygens (including phenoxy) is 1. The Bertz CT molecular complexity index is 1270. The van der Waals surface area contributed by atoms with Gasteiger partial charge in [-0.15, -0.1) is 0 Å². The second-order valence-corrected chi connectivity index (χ2v) is 10.3. The molecular formula is C28H32F3N3O3. The van der Waals surface area contributed by atoms with Crippen LogP contribution < -0.4 is 4.74 Å². The molecule has 0 spiro atoms. The van der Waals surface area contributed by atoms with Gasteiger partial charge in [0, 0.05) is 66.5 Å². The lowest BCUT2D eigenvalue weighted by atomic mass is 9.87.